The zero-order valence-electron chi connectivity index (χ0n) is 13.4. The maximum atomic E-state index is 12.8. The number of methoxy groups -OCH3 is 1. The third-order valence-corrected chi connectivity index (χ3v) is 8.05. The number of rotatable bonds is 6. The van der Waals surface area contributed by atoms with Crippen molar-refractivity contribution in [3.8, 4) is 0 Å². The van der Waals surface area contributed by atoms with Crippen LogP contribution in [0.15, 0.2) is 0 Å². The molecule has 4 rings (SSSR count). The summed E-state index contributed by atoms with van der Waals surface area (Å²) in [4.78, 5) is 0. The van der Waals surface area contributed by atoms with Crippen LogP contribution < -0.4 is 0 Å². The second kappa shape index (κ2) is 5.20. The van der Waals surface area contributed by atoms with Gasteiger partial charge in [-0.1, -0.05) is 0 Å². The predicted octanol–water partition coefficient (Wildman–Crippen LogP) is 3.12. The van der Waals surface area contributed by atoms with Gasteiger partial charge in [0.2, 0.25) is 0 Å². The van der Waals surface area contributed by atoms with Crippen molar-refractivity contribution in [3.05, 3.63) is 0 Å². The van der Waals surface area contributed by atoms with Crippen LogP contribution >= 0.6 is 0 Å². The Hall–Kier alpha value is -0.130. The number of hydrogen-bond donors (Lipinski definition) is 0. The second-order valence-corrected chi connectivity index (χ2v) is 10.1. The molecule has 4 fully saturated rings. The highest BCUT2D eigenvalue weighted by atomic mass is 32.2. The number of hydrogen-bond acceptors (Lipinski definition) is 4. The van der Waals surface area contributed by atoms with Crippen LogP contribution in [-0.4, -0.2) is 32.5 Å². The van der Waals surface area contributed by atoms with Gasteiger partial charge in [0.25, 0.3) is 10.1 Å². The lowest BCUT2D eigenvalue weighted by molar-refractivity contribution is 0.00255. The topological polar surface area (TPSA) is 52.6 Å². The van der Waals surface area contributed by atoms with E-state index in [2.05, 4.69) is 0 Å². The Morgan fingerprint density at radius 2 is 1.52 bits per heavy atom. The Labute approximate surface area is 128 Å². The number of ether oxygens (including phenoxy) is 1. The minimum atomic E-state index is -3.47. The Kier molecular flexibility index (Phi) is 3.90. The fourth-order valence-corrected chi connectivity index (χ4v) is 6.83. The van der Waals surface area contributed by atoms with Crippen LogP contribution in [0.4, 0.5) is 0 Å². The first kappa shape index (κ1) is 15.8. The molecule has 4 aliphatic rings. The second-order valence-electron chi connectivity index (χ2n) is 8.09. The molecule has 0 atom stereocenters. The summed E-state index contributed by atoms with van der Waals surface area (Å²) in [6.07, 6.45) is 6.80. The molecule has 122 valence electrons. The molecule has 4 aliphatic carbocycles. The summed E-state index contributed by atoms with van der Waals surface area (Å²) < 4.78 is 35.8. The average Bonchev–Trinajstić information content (AvgIpc) is 2.36. The zero-order valence-corrected chi connectivity index (χ0v) is 14.2. The first-order chi connectivity index (χ1) is 9.75. The molecule has 0 aliphatic heterocycles. The molecule has 4 nitrogen and oxygen atoms in total. The molecule has 0 aromatic carbocycles. The Morgan fingerprint density at radius 3 is 1.95 bits per heavy atom. The molecule has 4 saturated carbocycles. The van der Waals surface area contributed by atoms with Gasteiger partial charge in [-0.05, 0) is 70.1 Å². The molecule has 0 aromatic heterocycles. The fraction of sp³-hybridized carbons (Fsp3) is 1.00. The van der Waals surface area contributed by atoms with E-state index in [4.69, 9.17) is 8.92 Å². The van der Waals surface area contributed by atoms with Crippen molar-refractivity contribution >= 4 is 10.1 Å². The molecule has 0 unspecified atom stereocenters. The van der Waals surface area contributed by atoms with E-state index in [1.165, 1.54) is 19.3 Å². The maximum Gasteiger partial charge on any atom is 0.273 e. The van der Waals surface area contributed by atoms with E-state index in [9.17, 15) is 8.42 Å². The van der Waals surface area contributed by atoms with Crippen LogP contribution in [0.3, 0.4) is 0 Å². The van der Waals surface area contributed by atoms with Gasteiger partial charge in [0, 0.05) is 13.5 Å². The SMILES string of the molecule is COC(C)(C)CCOS(=O)(=O)C12CC3CC(CC(C3)C1)C2. The smallest absolute Gasteiger partial charge is 0.273 e. The largest absolute Gasteiger partial charge is 0.379 e. The third kappa shape index (κ3) is 2.89. The van der Waals surface area contributed by atoms with Gasteiger partial charge in [-0.3, -0.25) is 4.18 Å². The van der Waals surface area contributed by atoms with Crippen molar-refractivity contribution in [1.82, 2.24) is 0 Å². The Morgan fingerprint density at radius 1 is 1.05 bits per heavy atom. The minimum absolute atomic E-state index is 0.227. The summed E-state index contributed by atoms with van der Waals surface area (Å²) >= 11 is 0. The molecule has 0 radical (unpaired) electrons. The quantitative estimate of drug-likeness (QED) is 0.707. The zero-order chi connectivity index (χ0) is 15.3. The van der Waals surface area contributed by atoms with E-state index in [1.54, 1.807) is 7.11 Å². The lowest BCUT2D eigenvalue weighted by Crippen LogP contribution is -2.55. The Balaban J connectivity index is 1.67. The molecule has 0 N–H and O–H groups in total. The van der Waals surface area contributed by atoms with E-state index < -0.39 is 14.9 Å². The molecule has 4 bridgehead atoms. The van der Waals surface area contributed by atoms with Crippen molar-refractivity contribution in [1.29, 1.82) is 0 Å². The van der Waals surface area contributed by atoms with Gasteiger partial charge in [-0.25, -0.2) is 0 Å². The van der Waals surface area contributed by atoms with Crippen LogP contribution in [0.5, 0.6) is 0 Å². The van der Waals surface area contributed by atoms with Crippen LogP contribution in [0.1, 0.15) is 58.8 Å². The van der Waals surface area contributed by atoms with Gasteiger partial charge >= 0.3 is 0 Å². The van der Waals surface area contributed by atoms with Gasteiger partial charge in [0.15, 0.2) is 0 Å². The van der Waals surface area contributed by atoms with Crippen LogP contribution in [0.25, 0.3) is 0 Å². The molecule has 0 spiro atoms. The molecule has 0 saturated heterocycles. The molecule has 0 heterocycles. The van der Waals surface area contributed by atoms with Crippen LogP contribution in [0.2, 0.25) is 0 Å². The summed E-state index contributed by atoms with van der Waals surface area (Å²) in [6.45, 7) is 4.13. The third-order valence-electron chi connectivity index (χ3n) is 6.01. The molecule has 5 heteroatoms. The summed E-state index contributed by atoms with van der Waals surface area (Å²) in [5.41, 5.74) is -0.336. The normalized spacial score (nSPS) is 38.9. The van der Waals surface area contributed by atoms with Crippen molar-refractivity contribution in [3.63, 3.8) is 0 Å². The summed E-state index contributed by atoms with van der Waals surface area (Å²) in [5, 5.41) is 0. The van der Waals surface area contributed by atoms with Gasteiger partial charge in [0.05, 0.1) is 17.0 Å². The van der Waals surface area contributed by atoms with Crippen molar-refractivity contribution < 1.29 is 17.3 Å². The van der Waals surface area contributed by atoms with E-state index in [-0.39, 0.29) is 12.2 Å². The first-order valence-corrected chi connectivity index (χ1v) is 9.60. The minimum Gasteiger partial charge on any atom is -0.379 e. The van der Waals surface area contributed by atoms with Crippen molar-refractivity contribution in [2.45, 2.75) is 69.1 Å². The van der Waals surface area contributed by atoms with Crippen LogP contribution in [-0.2, 0) is 19.0 Å². The van der Waals surface area contributed by atoms with Gasteiger partial charge in [-0.15, -0.1) is 0 Å². The van der Waals surface area contributed by atoms with Crippen molar-refractivity contribution in [2.24, 2.45) is 17.8 Å². The van der Waals surface area contributed by atoms with Crippen LogP contribution in [0, 0.1) is 17.8 Å². The molecular formula is C16H28O4S. The fourth-order valence-electron chi connectivity index (χ4n) is 4.96. The molecule has 21 heavy (non-hydrogen) atoms. The Bertz CT molecular complexity index is 459. The molecule has 0 aromatic rings. The van der Waals surface area contributed by atoms with Gasteiger partial charge in [-0.2, -0.15) is 8.42 Å². The van der Waals surface area contributed by atoms with E-state index >= 15 is 0 Å². The monoisotopic (exact) mass is 316 g/mol. The predicted molar refractivity (Wildman–Crippen MR) is 81.5 cm³/mol. The highest BCUT2D eigenvalue weighted by Gasteiger charge is 2.58. The van der Waals surface area contributed by atoms with E-state index in [0.29, 0.717) is 24.2 Å². The first-order valence-electron chi connectivity index (χ1n) is 8.19. The summed E-state index contributed by atoms with van der Waals surface area (Å²) in [6, 6.07) is 0. The van der Waals surface area contributed by atoms with Gasteiger partial charge in [0.1, 0.15) is 0 Å². The van der Waals surface area contributed by atoms with Crippen molar-refractivity contribution in [2.75, 3.05) is 13.7 Å². The van der Waals surface area contributed by atoms with E-state index in [0.717, 1.165) is 19.3 Å². The summed E-state index contributed by atoms with van der Waals surface area (Å²) in [5.74, 6) is 1.85. The average molecular weight is 316 g/mol. The molecular weight excluding hydrogens is 288 g/mol. The summed E-state index contributed by atoms with van der Waals surface area (Å²) in [7, 11) is -1.82. The highest BCUT2D eigenvalue weighted by molar-refractivity contribution is 7.88. The lowest BCUT2D eigenvalue weighted by atomic mass is 9.56. The highest BCUT2D eigenvalue weighted by Crippen LogP contribution is 2.58. The molecule has 0 amide bonds. The van der Waals surface area contributed by atoms with Gasteiger partial charge < -0.3 is 4.74 Å². The lowest BCUT2D eigenvalue weighted by Gasteiger charge is -2.55. The van der Waals surface area contributed by atoms with E-state index in [1.807, 2.05) is 13.8 Å². The maximum absolute atomic E-state index is 12.8. The standard InChI is InChI=1S/C16H28O4S/c1-15(2,19-3)4-5-20-21(17,18)16-9-12-6-13(10-16)8-14(7-12)11-16/h12-14H,4-11H2,1-3H3.